The van der Waals surface area contributed by atoms with Gasteiger partial charge < -0.3 is 10.3 Å². The minimum atomic E-state index is -3.73. The number of nitrogens with two attached hydrogens (primary N) is 1. The minimum absolute atomic E-state index is 0.112. The van der Waals surface area contributed by atoms with Crippen molar-refractivity contribution in [2.24, 2.45) is 5.73 Å². The normalized spacial score (nSPS) is 11.6. The van der Waals surface area contributed by atoms with Crippen molar-refractivity contribution in [2.75, 3.05) is 4.72 Å². The highest BCUT2D eigenvalue weighted by Crippen LogP contribution is 2.25. The number of amides is 1. The molecule has 0 spiro atoms. The zero-order chi connectivity index (χ0) is 18.2. The average Bonchev–Trinajstić information content (AvgIpc) is 2.93. The van der Waals surface area contributed by atoms with E-state index < -0.39 is 15.9 Å². The fourth-order valence-electron chi connectivity index (χ4n) is 2.71. The van der Waals surface area contributed by atoms with E-state index in [4.69, 9.17) is 17.3 Å². The first kappa shape index (κ1) is 17.3. The van der Waals surface area contributed by atoms with Crippen LogP contribution < -0.4 is 10.5 Å². The van der Waals surface area contributed by atoms with E-state index in [-0.39, 0.29) is 4.90 Å². The van der Waals surface area contributed by atoms with E-state index in [0.29, 0.717) is 22.9 Å². The maximum Gasteiger partial charge on any atom is 0.265 e. The fourth-order valence-corrected chi connectivity index (χ4v) is 3.88. The lowest BCUT2D eigenvalue weighted by molar-refractivity contribution is 0.0992. The Morgan fingerprint density at radius 3 is 2.44 bits per heavy atom. The quantitative estimate of drug-likeness (QED) is 0.714. The molecule has 3 aromatic rings. The molecule has 0 unspecified atom stereocenters. The molecule has 1 heterocycles. The average molecular weight is 378 g/mol. The van der Waals surface area contributed by atoms with E-state index >= 15 is 0 Å². The molecule has 0 bridgehead atoms. The number of sulfonamides is 1. The molecule has 0 radical (unpaired) electrons. The molecule has 6 nitrogen and oxygen atoms in total. The van der Waals surface area contributed by atoms with Gasteiger partial charge in [0.25, 0.3) is 15.9 Å². The van der Waals surface area contributed by atoms with Crippen molar-refractivity contribution in [3.8, 4) is 0 Å². The van der Waals surface area contributed by atoms with Gasteiger partial charge in [-0.3, -0.25) is 9.52 Å². The predicted molar refractivity (Wildman–Crippen MR) is 98.4 cm³/mol. The summed E-state index contributed by atoms with van der Waals surface area (Å²) in [6, 6.07) is 12.6. The van der Waals surface area contributed by atoms with Gasteiger partial charge in [-0.15, -0.1) is 0 Å². The van der Waals surface area contributed by atoms with Crippen LogP contribution in [0.25, 0.3) is 10.9 Å². The fraction of sp³-hybridized carbons (Fsp3) is 0.118. The van der Waals surface area contributed by atoms with Gasteiger partial charge in [-0.2, -0.15) is 0 Å². The number of benzene rings is 2. The molecule has 1 aromatic heterocycles. The molecule has 0 saturated heterocycles. The number of primary amides is 1. The monoisotopic (exact) mass is 377 g/mol. The molecule has 0 saturated carbocycles. The number of aromatic nitrogens is 1. The number of aryl methyl sites for hydroxylation is 1. The third kappa shape index (κ3) is 3.33. The van der Waals surface area contributed by atoms with Gasteiger partial charge in [0.2, 0.25) is 0 Å². The van der Waals surface area contributed by atoms with Crippen molar-refractivity contribution in [3.05, 3.63) is 59.2 Å². The van der Waals surface area contributed by atoms with Crippen molar-refractivity contribution < 1.29 is 13.2 Å². The molecule has 0 aliphatic carbocycles. The third-order valence-corrected chi connectivity index (χ3v) is 5.50. The molecular weight excluding hydrogens is 362 g/mol. The van der Waals surface area contributed by atoms with E-state index in [2.05, 4.69) is 4.72 Å². The van der Waals surface area contributed by atoms with Crippen LogP contribution in [0.3, 0.4) is 0 Å². The second kappa shape index (κ2) is 6.42. The van der Waals surface area contributed by atoms with Crippen molar-refractivity contribution >= 4 is 44.1 Å². The van der Waals surface area contributed by atoms with Crippen LogP contribution in [0.4, 0.5) is 5.69 Å². The van der Waals surface area contributed by atoms with Crippen molar-refractivity contribution in [1.82, 2.24) is 4.57 Å². The van der Waals surface area contributed by atoms with Gasteiger partial charge in [-0.1, -0.05) is 11.6 Å². The van der Waals surface area contributed by atoms with Crippen molar-refractivity contribution in [2.45, 2.75) is 18.4 Å². The topological polar surface area (TPSA) is 94.2 Å². The number of carbonyl (C=O) groups excluding carboxylic acids is 1. The molecule has 25 heavy (non-hydrogen) atoms. The second-order valence-corrected chi connectivity index (χ2v) is 7.59. The highest BCUT2D eigenvalue weighted by molar-refractivity contribution is 7.92. The summed E-state index contributed by atoms with van der Waals surface area (Å²) in [6.07, 6.45) is 0. The van der Waals surface area contributed by atoms with Crippen LogP contribution in [-0.4, -0.2) is 18.9 Å². The number of anilines is 1. The minimum Gasteiger partial charge on any atom is -0.364 e. The molecule has 2 aromatic carbocycles. The highest BCUT2D eigenvalue weighted by Gasteiger charge is 2.16. The van der Waals surface area contributed by atoms with Crippen molar-refractivity contribution in [1.29, 1.82) is 0 Å². The zero-order valence-electron chi connectivity index (χ0n) is 13.4. The van der Waals surface area contributed by atoms with Gasteiger partial charge in [0.05, 0.1) is 4.90 Å². The van der Waals surface area contributed by atoms with Gasteiger partial charge in [-0.05, 0) is 55.5 Å². The Morgan fingerprint density at radius 2 is 1.84 bits per heavy atom. The molecular formula is C17H16ClN3O3S. The Kier molecular flexibility index (Phi) is 4.45. The zero-order valence-corrected chi connectivity index (χ0v) is 14.9. The van der Waals surface area contributed by atoms with Crippen LogP contribution in [0.2, 0.25) is 5.02 Å². The van der Waals surface area contributed by atoms with Gasteiger partial charge in [-0.25, -0.2) is 8.42 Å². The van der Waals surface area contributed by atoms with Crippen LogP contribution in [0, 0.1) is 0 Å². The Hall–Kier alpha value is -2.51. The number of fused-ring (bicyclic) bond motifs is 1. The highest BCUT2D eigenvalue weighted by atomic mass is 35.5. The lowest BCUT2D eigenvalue weighted by Crippen LogP contribution is -2.16. The molecule has 0 aliphatic rings. The molecule has 8 heteroatoms. The molecule has 0 aliphatic heterocycles. The van der Waals surface area contributed by atoms with Gasteiger partial charge >= 0.3 is 0 Å². The summed E-state index contributed by atoms with van der Waals surface area (Å²) in [6.45, 7) is 2.49. The third-order valence-electron chi connectivity index (χ3n) is 3.85. The van der Waals surface area contributed by atoms with E-state index in [0.717, 1.165) is 10.9 Å². The van der Waals surface area contributed by atoms with Gasteiger partial charge in [0, 0.05) is 28.2 Å². The standard InChI is InChI=1S/C17H16ClN3O3S/c1-2-21-15-8-5-13(9-11(15)10-16(21)17(19)22)20-25(23,24)14-6-3-12(18)4-7-14/h3-10,20H,2H2,1H3,(H2,19,22). The lowest BCUT2D eigenvalue weighted by atomic mass is 10.2. The number of hydrogen-bond acceptors (Lipinski definition) is 3. The van der Waals surface area contributed by atoms with Gasteiger partial charge in [0.1, 0.15) is 5.69 Å². The van der Waals surface area contributed by atoms with E-state index in [9.17, 15) is 13.2 Å². The Labute approximate surface area is 150 Å². The van der Waals surface area contributed by atoms with E-state index in [1.165, 1.54) is 24.3 Å². The Morgan fingerprint density at radius 1 is 1.16 bits per heavy atom. The van der Waals surface area contributed by atoms with Crippen molar-refractivity contribution in [3.63, 3.8) is 0 Å². The first-order valence-electron chi connectivity index (χ1n) is 7.53. The molecule has 3 rings (SSSR count). The van der Waals surface area contributed by atoms with Gasteiger partial charge in [0.15, 0.2) is 0 Å². The summed E-state index contributed by atoms with van der Waals surface area (Å²) in [7, 11) is -3.73. The Balaban J connectivity index is 1.99. The largest absolute Gasteiger partial charge is 0.364 e. The van der Waals surface area contributed by atoms with Crippen LogP contribution in [0.15, 0.2) is 53.4 Å². The molecule has 1 amide bonds. The Bertz CT molecular complexity index is 1060. The van der Waals surface area contributed by atoms with Crippen LogP contribution >= 0.6 is 11.6 Å². The number of rotatable bonds is 5. The molecule has 3 N–H and O–H groups in total. The maximum atomic E-state index is 12.5. The number of halogens is 1. The SMILES string of the molecule is CCn1c(C(N)=O)cc2cc(NS(=O)(=O)c3ccc(Cl)cc3)ccc21. The first-order valence-corrected chi connectivity index (χ1v) is 9.39. The number of nitrogens with one attached hydrogen (secondary N) is 1. The van der Waals surface area contributed by atoms with Crippen LogP contribution in [0.1, 0.15) is 17.4 Å². The lowest BCUT2D eigenvalue weighted by Gasteiger charge is -2.09. The molecule has 130 valence electrons. The molecule has 0 fully saturated rings. The summed E-state index contributed by atoms with van der Waals surface area (Å²) in [5, 5.41) is 1.19. The summed E-state index contributed by atoms with van der Waals surface area (Å²) < 4.78 is 29.2. The number of nitrogens with zero attached hydrogens (tertiary/aromatic N) is 1. The first-order chi connectivity index (χ1) is 11.8. The smallest absolute Gasteiger partial charge is 0.265 e. The van der Waals surface area contributed by atoms with Crippen LogP contribution in [0.5, 0.6) is 0 Å². The van der Waals surface area contributed by atoms with E-state index in [1.807, 2.05) is 6.92 Å². The summed E-state index contributed by atoms with van der Waals surface area (Å²) in [4.78, 5) is 11.7. The number of carbonyl (C=O) groups is 1. The summed E-state index contributed by atoms with van der Waals surface area (Å²) in [5.41, 5.74) is 6.99. The number of hydrogen-bond donors (Lipinski definition) is 2. The molecule has 0 atom stereocenters. The summed E-state index contributed by atoms with van der Waals surface area (Å²) >= 11 is 5.79. The second-order valence-electron chi connectivity index (χ2n) is 5.47. The predicted octanol–water partition coefficient (Wildman–Crippen LogP) is 3.21. The van der Waals surface area contributed by atoms with E-state index in [1.54, 1.807) is 28.8 Å². The summed E-state index contributed by atoms with van der Waals surface area (Å²) in [5.74, 6) is -0.527. The van der Waals surface area contributed by atoms with Crippen LogP contribution in [-0.2, 0) is 16.6 Å². The maximum absolute atomic E-state index is 12.5.